The average Bonchev–Trinajstić information content (AvgIpc) is 2.48. The van der Waals surface area contributed by atoms with Crippen molar-refractivity contribution >= 4 is 11.8 Å². The van der Waals surface area contributed by atoms with Gasteiger partial charge in [-0.2, -0.15) is 4.98 Å². The molecular formula is C14H26N6. The van der Waals surface area contributed by atoms with Crippen LogP contribution in [-0.2, 0) is 0 Å². The molecule has 0 unspecified atom stereocenters. The number of aromatic nitrogens is 2. The van der Waals surface area contributed by atoms with Gasteiger partial charge in [-0.1, -0.05) is 0 Å². The summed E-state index contributed by atoms with van der Waals surface area (Å²) < 4.78 is 0. The third kappa shape index (κ3) is 4.05. The van der Waals surface area contributed by atoms with Crippen molar-refractivity contribution in [2.24, 2.45) is 5.73 Å². The number of hydrogen-bond donors (Lipinski definition) is 1. The molecule has 1 aromatic rings. The smallest absolute Gasteiger partial charge is 0.226 e. The fourth-order valence-electron chi connectivity index (χ4n) is 2.41. The molecule has 0 radical (unpaired) electrons. The van der Waals surface area contributed by atoms with Crippen LogP contribution in [0.2, 0.25) is 0 Å². The zero-order valence-corrected chi connectivity index (χ0v) is 12.6. The molecule has 6 heteroatoms. The Kier molecular flexibility index (Phi) is 5.55. The molecule has 0 aliphatic carbocycles. The van der Waals surface area contributed by atoms with Crippen LogP contribution < -0.4 is 15.5 Å². The number of piperazine rings is 1. The zero-order valence-electron chi connectivity index (χ0n) is 12.6. The molecule has 0 bridgehead atoms. The molecule has 20 heavy (non-hydrogen) atoms. The van der Waals surface area contributed by atoms with E-state index in [0.29, 0.717) is 0 Å². The topological polar surface area (TPSA) is 61.5 Å². The summed E-state index contributed by atoms with van der Waals surface area (Å²) in [4.78, 5) is 15.7. The summed E-state index contributed by atoms with van der Waals surface area (Å²) in [6.07, 6.45) is 4.17. The van der Waals surface area contributed by atoms with Gasteiger partial charge in [-0.05, 0) is 32.0 Å². The van der Waals surface area contributed by atoms with Gasteiger partial charge < -0.3 is 15.5 Å². The van der Waals surface area contributed by atoms with Crippen LogP contribution in [0.25, 0.3) is 0 Å². The average molecular weight is 278 g/mol. The lowest BCUT2D eigenvalue weighted by Crippen LogP contribution is -2.47. The Morgan fingerprint density at radius 3 is 2.60 bits per heavy atom. The maximum Gasteiger partial charge on any atom is 0.226 e. The van der Waals surface area contributed by atoms with Crippen molar-refractivity contribution in [2.75, 3.05) is 63.2 Å². The Bertz CT molecular complexity index is 400. The van der Waals surface area contributed by atoms with Crippen molar-refractivity contribution < 1.29 is 0 Å². The van der Waals surface area contributed by atoms with Crippen LogP contribution in [-0.4, -0.2) is 68.2 Å². The van der Waals surface area contributed by atoms with Gasteiger partial charge in [0.2, 0.25) is 5.95 Å². The molecule has 1 saturated heterocycles. The Balaban J connectivity index is 1.85. The van der Waals surface area contributed by atoms with Crippen molar-refractivity contribution in [3.8, 4) is 0 Å². The first kappa shape index (κ1) is 15.0. The second kappa shape index (κ2) is 7.40. The van der Waals surface area contributed by atoms with E-state index in [0.717, 1.165) is 57.5 Å². The minimum atomic E-state index is 0.771. The summed E-state index contributed by atoms with van der Waals surface area (Å²) in [5.74, 6) is 1.80. The molecule has 2 rings (SSSR count). The van der Waals surface area contributed by atoms with Gasteiger partial charge in [0.05, 0.1) is 0 Å². The van der Waals surface area contributed by atoms with Crippen molar-refractivity contribution in [1.29, 1.82) is 0 Å². The summed E-state index contributed by atoms with van der Waals surface area (Å²) in [6.45, 7) is 6.24. The first-order valence-corrected chi connectivity index (χ1v) is 7.38. The highest BCUT2D eigenvalue weighted by Crippen LogP contribution is 2.15. The SMILES string of the molecule is CN(C)c1nccc(N2CCN(CCCCN)CC2)n1. The van der Waals surface area contributed by atoms with Crippen molar-refractivity contribution in [3.63, 3.8) is 0 Å². The minimum Gasteiger partial charge on any atom is -0.354 e. The number of nitrogens with zero attached hydrogens (tertiary/aromatic N) is 5. The molecule has 0 aromatic carbocycles. The van der Waals surface area contributed by atoms with E-state index in [-0.39, 0.29) is 0 Å². The van der Waals surface area contributed by atoms with Gasteiger partial charge in [-0.25, -0.2) is 4.98 Å². The fraction of sp³-hybridized carbons (Fsp3) is 0.714. The van der Waals surface area contributed by atoms with Crippen LogP contribution in [0.4, 0.5) is 11.8 Å². The zero-order chi connectivity index (χ0) is 14.4. The highest BCUT2D eigenvalue weighted by Gasteiger charge is 2.18. The lowest BCUT2D eigenvalue weighted by Gasteiger charge is -2.35. The van der Waals surface area contributed by atoms with Gasteiger partial charge in [-0.15, -0.1) is 0 Å². The number of rotatable bonds is 6. The summed E-state index contributed by atoms with van der Waals surface area (Å²) in [7, 11) is 3.93. The Labute approximate surface area is 121 Å². The number of unbranched alkanes of at least 4 members (excludes halogenated alkanes) is 1. The van der Waals surface area contributed by atoms with Crippen LogP contribution in [0.1, 0.15) is 12.8 Å². The van der Waals surface area contributed by atoms with Crippen LogP contribution in [0.5, 0.6) is 0 Å². The summed E-state index contributed by atoms with van der Waals surface area (Å²) in [6, 6.07) is 2.00. The highest BCUT2D eigenvalue weighted by molar-refractivity contribution is 5.43. The second-order valence-electron chi connectivity index (χ2n) is 5.43. The van der Waals surface area contributed by atoms with Crippen LogP contribution in [0.3, 0.4) is 0 Å². The largest absolute Gasteiger partial charge is 0.354 e. The monoisotopic (exact) mass is 278 g/mol. The maximum atomic E-state index is 5.54. The lowest BCUT2D eigenvalue weighted by molar-refractivity contribution is 0.253. The molecule has 1 aliphatic heterocycles. The Morgan fingerprint density at radius 2 is 1.95 bits per heavy atom. The first-order chi connectivity index (χ1) is 9.70. The van der Waals surface area contributed by atoms with E-state index >= 15 is 0 Å². The van der Waals surface area contributed by atoms with E-state index in [4.69, 9.17) is 5.73 Å². The molecule has 6 nitrogen and oxygen atoms in total. The van der Waals surface area contributed by atoms with Gasteiger partial charge in [0.15, 0.2) is 0 Å². The first-order valence-electron chi connectivity index (χ1n) is 7.38. The second-order valence-corrected chi connectivity index (χ2v) is 5.43. The maximum absolute atomic E-state index is 5.54. The van der Waals surface area contributed by atoms with E-state index in [9.17, 15) is 0 Å². The summed E-state index contributed by atoms with van der Waals surface area (Å²) >= 11 is 0. The number of hydrogen-bond acceptors (Lipinski definition) is 6. The predicted molar refractivity (Wildman–Crippen MR) is 83.3 cm³/mol. The third-order valence-electron chi connectivity index (χ3n) is 3.65. The lowest BCUT2D eigenvalue weighted by atomic mass is 10.2. The van der Waals surface area contributed by atoms with E-state index in [1.54, 1.807) is 0 Å². The molecule has 0 saturated carbocycles. The van der Waals surface area contributed by atoms with Gasteiger partial charge in [0.1, 0.15) is 5.82 Å². The molecule has 0 amide bonds. The Morgan fingerprint density at radius 1 is 1.20 bits per heavy atom. The molecule has 1 aromatic heterocycles. The highest BCUT2D eigenvalue weighted by atomic mass is 15.3. The fourth-order valence-corrected chi connectivity index (χ4v) is 2.41. The Hall–Kier alpha value is -1.40. The van der Waals surface area contributed by atoms with Crippen LogP contribution in [0.15, 0.2) is 12.3 Å². The summed E-state index contributed by atoms with van der Waals surface area (Å²) in [5.41, 5.74) is 5.54. The molecule has 2 heterocycles. The van der Waals surface area contributed by atoms with Crippen LogP contribution in [0, 0.1) is 0 Å². The molecule has 0 atom stereocenters. The van der Waals surface area contributed by atoms with Crippen molar-refractivity contribution in [2.45, 2.75) is 12.8 Å². The summed E-state index contributed by atoms with van der Waals surface area (Å²) in [5, 5.41) is 0. The van der Waals surface area contributed by atoms with E-state index in [1.165, 1.54) is 6.42 Å². The molecular weight excluding hydrogens is 252 g/mol. The van der Waals surface area contributed by atoms with E-state index in [1.807, 2.05) is 31.3 Å². The van der Waals surface area contributed by atoms with E-state index in [2.05, 4.69) is 19.8 Å². The third-order valence-corrected chi connectivity index (χ3v) is 3.65. The molecule has 1 fully saturated rings. The standard InChI is InChI=1S/C14H26N6/c1-18(2)14-16-7-5-13(17-14)20-11-9-19(10-12-20)8-4-3-6-15/h5,7H,3-4,6,8-12,15H2,1-2H3. The van der Waals surface area contributed by atoms with Gasteiger partial charge in [0, 0.05) is 46.5 Å². The van der Waals surface area contributed by atoms with E-state index < -0.39 is 0 Å². The molecule has 112 valence electrons. The normalized spacial score (nSPS) is 16.4. The number of nitrogens with two attached hydrogens (primary N) is 1. The number of anilines is 2. The molecule has 0 spiro atoms. The minimum absolute atomic E-state index is 0.771. The molecule has 1 aliphatic rings. The van der Waals surface area contributed by atoms with Gasteiger partial charge in [0.25, 0.3) is 0 Å². The predicted octanol–water partition coefficient (Wildman–Crippen LogP) is 0.404. The quantitative estimate of drug-likeness (QED) is 0.760. The van der Waals surface area contributed by atoms with Crippen LogP contribution >= 0.6 is 0 Å². The van der Waals surface area contributed by atoms with Gasteiger partial charge >= 0.3 is 0 Å². The molecule has 2 N–H and O–H groups in total. The van der Waals surface area contributed by atoms with Gasteiger partial charge in [-0.3, -0.25) is 4.90 Å². The van der Waals surface area contributed by atoms with Crippen molar-refractivity contribution in [3.05, 3.63) is 12.3 Å². The van der Waals surface area contributed by atoms with Crippen molar-refractivity contribution in [1.82, 2.24) is 14.9 Å².